The minimum Gasteiger partial charge on any atom is -0.364 e. The number of benzene rings is 2. The molecule has 0 saturated heterocycles. The zero-order valence-corrected chi connectivity index (χ0v) is 10.2. The maximum Gasteiger partial charge on any atom is 0.185 e. The fraction of sp³-hybridized carbons (Fsp3) is 0.0625. The molecule has 0 radical (unpaired) electrons. The summed E-state index contributed by atoms with van der Waals surface area (Å²) in [4.78, 5) is 11.8. The molecule has 0 bridgehead atoms. The van der Waals surface area contributed by atoms with Crippen molar-refractivity contribution in [2.45, 2.75) is 6.29 Å². The highest BCUT2D eigenvalue weighted by molar-refractivity contribution is 6.06. The number of hydrogen-bond acceptors (Lipinski definition) is 3. The van der Waals surface area contributed by atoms with Crippen LogP contribution in [0.4, 0.5) is 0 Å². The van der Waals surface area contributed by atoms with Crippen molar-refractivity contribution in [3.63, 3.8) is 0 Å². The van der Waals surface area contributed by atoms with Gasteiger partial charge in [0.2, 0.25) is 0 Å². The van der Waals surface area contributed by atoms with Crippen LogP contribution < -0.4 is 0 Å². The summed E-state index contributed by atoms with van der Waals surface area (Å²) in [6.07, 6.45) is 1.73. The van der Waals surface area contributed by atoms with Gasteiger partial charge in [0, 0.05) is 11.1 Å². The van der Waals surface area contributed by atoms with Crippen molar-refractivity contribution < 1.29 is 15.0 Å². The van der Waals surface area contributed by atoms with Gasteiger partial charge in [-0.05, 0) is 11.6 Å². The molecule has 19 heavy (non-hydrogen) atoms. The number of rotatable bonds is 4. The van der Waals surface area contributed by atoms with Gasteiger partial charge in [-0.25, -0.2) is 0 Å². The van der Waals surface area contributed by atoms with Crippen LogP contribution in [0.1, 0.15) is 27.8 Å². The Morgan fingerprint density at radius 3 is 2.16 bits per heavy atom. The van der Waals surface area contributed by atoms with Gasteiger partial charge in [0.1, 0.15) is 0 Å². The Kier molecular flexibility index (Phi) is 4.23. The van der Waals surface area contributed by atoms with Gasteiger partial charge in [-0.2, -0.15) is 0 Å². The molecule has 0 amide bonds. The largest absolute Gasteiger partial charge is 0.364 e. The van der Waals surface area contributed by atoms with E-state index in [1.54, 1.807) is 42.5 Å². The van der Waals surface area contributed by atoms with Gasteiger partial charge < -0.3 is 10.2 Å². The second kappa shape index (κ2) is 6.09. The van der Waals surface area contributed by atoms with Crippen molar-refractivity contribution in [2.24, 2.45) is 0 Å². The lowest BCUT2D eigenvalue weighted by Crippen LogP contribution is -1.94. The third-order valence-corrected chi connectivity index (χ3v) is 2.72. The number of aliphatic hydroxyl groups excluding tert-OH is 1. The van der Waals surface area contributed by atoms with E-state index in [2.05, 4.69) is 0 Å². The standard InChI is InChI=1S/C16H14O3/c17-15(13-4-2-1-3-5-13)11-8-12-6-9-14(10-7-12)16(18)19/h1-11,16,18-19H. The molecule has 3 nitrogen and oxygen atoms in total. The maximum atomic E-state index is 11.8. The molecule has 96 valence electrons. The van der Waals surface area contributed by atoms with Crippen LogP contribution in [0.3, 0.4) is 0 Å². The number of ketones is 1. The quantitative estimate of drug-likeness (QED) is 0.501. The molecule has 0 heterocycles. The van der Waals surface area contributed by atoms with Crippen molar-refractivity contribution in [1.82, 2.24) is 0 Å². The normalized spacial score (nSPS) is 11.1. The number of hydrogen-bond donors (Lipinski definition) is 2. The molecule has 2 aromatic carbocycles. The first-order valence-electron chi connectivity index (χ1n) is 5.90. The summed E-state index contributed by atoms with van der Waals surface area (Å²) in [5.41, 5.74) is 1.89. The number of aliphatic hydroxyl groups is 2. The van der Waals surface area contributed by atoms with E-state index in [4.69, 9.17) is 10.2 Å². The maximum absolute atomic E-state index is 11.8. The monoisotopic (exact) mass is 254 g/mol. The molecule has 2 aromatic rings. The summed E-state index contributed by atoms with van der Waals surface area (Å²) < 4.78 is 0. The molecule has 0 saturated carbocycles. The van der Waals surface area contributed by atoms with Crippen molar-refractivity contribution in [3.8, 4) is 0 Å². The number of carbonyl (C=O) groups excluding carboxylic acids is 1. The molecule has 3 heteroatoms. The van der Waals surface area contributed by atoms with E-state index in [-0.39, 0.29) is 5.78 Å². The highest BCUT2D eigenvalue weighted by atomic mass is 16.5. The van der Waals surface area contributed by atoms with Crippen LogP contribution in [0.2, 0.25) is 0 Å². The molecular formula is C16H14O3. The van der Waals surface area contributed by atoms with Crippen LogP contribution in [0, 0.1) is 0 Å². The van der Waals surface area contributed by atoms with Crippen molar-refractivity contribution in [3.05, 3.63) is 77.4 Å². The second-order valence-corrected chi connectivity index (χ2v) is 4.10. The second-order valence-electron chi connectivity index (χ2n) is 4.10. The zero-order chi connectivity index (χ0) is 13.7. The van der Waals surface area contributed by atoms with E-state index in [0.29, 0.717) is 11.1 Å². The topological polar surface area (TPSA) is 57.5 Å². The number of carbonyl (C=O) groups is 1. The van der Waals surface area contributed by atoms with Crippen LogP contribution >= 0.6 is 0 Å². The first-order valence-corrected chi connectivity index (χ1v) is 5.90. The summed E-state index contributed by atoms with van der Waals surface area (Å²) in [7, 11) is 0. The summed E-state index contributed by atoms with van der Waals surface area (Å²) in [6.45, 7) is 0. The van der Waals surface area contributed by atoms with E-state index in [9.17, 15) is 4.79 Å². The molecule has 2 rings (SSSR count). The summed E-state index contributed by atoms with van der Waals surface area (Å²) >= 11 is 0. The lowest BCUT2D eigenvalue weighted by Gasteiger charge is -2.03. The number of allylic oxidation sites excluding steroid dienone is 1. The molecular weight excluding hydrogens is 240 g/mol. The fourth-order valence-corrected chi connectivity index (χ4v) is 1.65. The van der Waals surface area contributed by atoms with E-state index < -0.39 is 6.29 Å². The molecule has 0 aromatic heterocycles. The Hall–Kier alpha value is -2.23. The lowest BCUT2D eigenvalue weighted by atomic mass is 10.1. The summed E-state index contributed by atoms with van der Waals surface area (Å²) in [6, 6.07) is 15.7. The first-order chi connectivity index (χ1) is 9.16. The van der Waals surface area contributed by atoms with E-state index in [1.807, 2.05) is 18.2 Å². The molecule has 0 aliphatic heterocycles. The van der Waals surface area contributed by atoms with Gasteiger partial charge in [-0.3, -0.25) is 4.79 Å². The minimum atomic E-state index is -1.47. The molecule has 0 fully saturated rings. The highest BCUT2D eigenvalue weighted by Crippen LogP contribution is 2.12. The predicted molar refractivity (Wildman–Crippen MR) is 73.4 cm³/mol. The van der Waals surface area contributed by atoms with Gasteiger partial charge in [-0.15, -0.1) is 0 Å². The third-order valence-electron chi connectivity index (χ3n) is 2.72. The Balaban J connectivity index is 2.08. The van der Waals surface area contributed by atoms with E-state index in [0.717, 1.165) is 5.56 Å². The Morgan fingerprint density at radius 1 is 0.947 bits per heavy atom. The van der Waals surface area contributed by atoms with Crippen LogP contribution in [0.5, 0.6) is 0 Å². The van der Waals surface area contributed by atoms with Gasteiger partial charge in [0.05, 0.1) is 0 Å². The first kappa shape index (κ1) is 13.2. The molecule has 0 aliphatic rings. The molecule has 0 aliphatic carbocycles. The average molecular weight is 254 g/mol. The molecule has 2 N–H and O–H groups in total. The minimum absolute atomic E-state index is 0.0631. The fourth-order valence-electron chi connectivity index (χ4n) is 1.65. The third kappa shape index (κ3) is 3.61. The van der Waals surface area contributed by atoms with Gasteiger partial charge >= 0.3 is 0 Å². The zero-order valence-electron chi connectivity index (χ0n) is 10.2. The van der Waals surface area contributed by atoms with Crippen LogP contribution in [0.15, 0.2) is 60.7 Å². The Labute approximate surface area is 111 Å². The van der Waals surface area contributed by atoms with Crippen LogP contribution in [0.25, 0.3) is 6.08 Å². The molecule has 0 spiro atoms. The molecule has 0 atom stereocenters. The average Bonchev–Trinajstić information content (AvgIpc) is 2.46. The van der Waals surface area contributed by atoms with Gasteiger partial charge in [0.15, 0.2) is 12.1 Å². The lowest BCUT2D eigenvalue weighted by molar-refractivity contribution is -0.0424. The van der Waals surface area contributed by atoms with Crippen molar-refractivity contribution in [1.29, 1.82) is 0 Å². The Morgan fingerprint density at radius 2 is 1.58 bits per heavy atom. The van der Waals surface area contributed by atoms with Crippen LogP contribution in [-0.4, -0.2) is 16.0 Å². The SMILES string of the molecule is O=C(C=Cc1ccc(C(O)O)cc1)c1ccccc1. The predicted octanol–water partition coefficient (Wildman–Crippen LogP) is 2.57. The van der Waals surface area contributed by atoms with Crippen molar-refractivity contribution >= 4 is 11.9 Å². The van der Waals surface area contributed by atoms with E-state index in [1.165, 1.54) is 6.08 Å². The van der Waals surface area contributed by atoms with Gasteiger partial charge in [0.25, 0.3) is 0 Å². The summed E-state index contributed by atoms with van der Waals surface area (Å²) in [5, 5.41) is 17.9. The smallest absolute Gasteiger partial charge is 0.185 e. The van der Waals surface area contributed by atoms with Gasteiger partial charge in [-0.1, -0.05) is 60.7 Å². The summed E-state index contributed by atoms with van der Waals surface area (Å²) in [5.74, 6) is -0.0631. The van der Waals surface area contributed by atoms with E-state index >= 15 is 0 Å². The van der Waals surface area contributed by atoms with Crippen molar-refractivity contribution in [2.75, 3.05) is 0 Å². The molecule has 0 unspecified atom stereocenters. The Bertz CT molecular complexity index is 569. The van der Waals surface area contributed by atoms with Crippen LogP contribution in [-0.2, 0) is 0 Å². The highest BCUT2D eigenvalue weighted by Gasteiger charge is 2.01.